The van der Waals surface area contributed by atoms with Gasteiger partial charge in [-0.15, -0.1) is 0 Å². The van der Waals surface area contributed by atoms with Crippen molar-refractivity contribution in [2.24, 2.45) is 5.41 Å². The molecule has 0 bridgehead atoms. The van der Waals surface area contributed by atoms with Gasteiger partial charge in [0.2, 0.25) is 0 Å². The van der Waals surface area contributed by atoms with Crippen molar-refractivity contribution in [2.45, 2.75) is 27.2 Å². The molecule has 0 aromatic heterocycles. The first-order chi connectivity index (χ1) is 10.1. The van der Waals surface area contributed by atoms with E-state index in [0.717, 1.165) is 19.6 Å². The molecule has 1 saturated heterocycles. The van der Waals surface area contributed by atoms with Crippen LogP contribution in [0.4, 0.5) is 5.69 Å². The minimum absolute atomic E-state index is 0.389. The second-order valence-electron chi connectivity index (χ2n) is 6.80. The Morgan fingerprint density at radius 1 is 1.19 bits per heavy atom. The third kappa shape index (κ3) is 4.45. The van der Waals surface area contributed by atoms with Crippen LogP contribution < -0.4 is 10.2 Å². The van der Waals surface area contributed by atoms with Gasteiger partial charge in [0.1, 0.15) is 0 Å². The van der Waals surface area contributed by atoms with Crippen LogP contribution in [-0.4, -0.2) is 51.2 Å². The van der Waals surface area contributed by atoms with Gasteiger partial charge in [0.15, 0.2) is 0 Å². The number of benzene rings is 1. The van der Waals surface area contributed by atoms with Crippen molar-refractivity contribution in [2.75, 3.05) is 51.2 Å². The van der Waals surface area contributed by atoms with E-state index < -0.39 is 0 Å². The quantitative estimate of drug-likeness (QED) is 0.869. The molecule has 0 radical (unpaired) electrons. The lowest BCUT2D eigenvalue weighted by atomic mass is 9.86. The van der Waals surface area contributed by atoms with Crippen LogP contribution in [0.3, 0.4) is 0 Å². The first-order valence-corrected chi connectivity index (χ1v) is 8.25. The molecule has 1 aromatic carbocycles. The van der Waals surface area contributed by atoms with Gasteiger partial charge in [-0.3, -0.25) is 4.90 Å². The summed E-state index contributed by atoms with van der Waals surface area (Å²) in [6.45, 7) is 13.8. The number of anilines is 1. The van der Waals surface area contributed by atoms with Gasteiger partial charge in [-0.25, -0.2) is 0 Å². The van der Waals surface area contributed by atoms with E-state index in [4.69, 9.17) is 0 Å². The second kappa shape index (κ2) is 7.28. The highest BCUT2D eigenvalue weighted by molar-refractivity contribution is 5.48. The summed E-state index contributed by atoms with van der Waals surface area (Å²) in [7, 11) is 2.06. The first kappa shape index (κ1) is 16.3. The van der Waals surface area contributed by atoms with Crippen LogP contribution in [0.15, 0.2) is 24.3 Å². The number of piperazine rings is 1. The Balaban J connectivity index is 1.88. The Morgan fingerprint density at radius 2 is 1.90 bits per heavy atom. The van der Waals surface area contributed by atoms with Crippen LogP contribution in [0.5, 0.6) is 0 Å². The van der Waals surface area contributed by atoms with E-state index in [1.807, 2.05) is 0 Å². The molecule has 1 heterocycles. The summed E-state index contributed by atoms with van der Waals surface area (Å²) < 4.78 is 0. The van der Waals surface area contributed by atoms with Crippen LogP contribution in [0.1, 0.15) is 25.8 Å². The number of nitrogens with one attached hydrogen (secondary N) is 1. The maximum absolute atomic E-state index is 3.35. The third-order valence-corrected chi connectivity index (χ3v) is 4.80. The second-order valence-corrected chi connectivity index (χ2v) is 6.80. The highest BCUT2D eigenvalue weighted by Crippen LogP contribution is 2.23. The maximum Gasteiger partial charge on any atom is 0.0369 e. The molecule has 1 fully saturated rings. The summed E-state index contributed by atoms with van der Waals surface area (Å²) in [5.41, 5.74) is 3.12. The molecule has 118 valence electrons. The van der Waals surface area contributed by atoms with Crippen LogP contribution in [-0.2, 0) is 0 Å². The van der Waals surface area contributed by atoms with Crippen LogP contribution >= 0.6 is 0 Å². The standard InChI is InChI=1S/C18H31N3/c1-5-18(3,14-19-4)15-20-9-11-21(12-10-20)17-8-6-7-16(2)13-17/h6-8,13,19H,5,9-12,14-15H2,1-4H3. The number of hydrogen-bond donors (Lipinski definition) is 1. The lowest BCUT2D eigenvalue weighted by Crippen LogP contribution is -2.50. The van der Waals surface area contributed by atoms with Crippen LogP contribution in [0, 0.1) is 12.3 Å². The number of aryl methyl sites for hydroxylation is 1. The van der Waals surface area contributed by atoms with E-state index in [0.29, 0.717) is 5.41 Å². The van der Waals surface area contributed by atoms with Crippen molar-refractivity contribution < 1.29 is 0 Å². The fourth-order valence-corrected chi connectivity index (χ4v) is 3.25. The monoisotopic (exact) mass is 289 g/mol. The van der Waals surface area contributed by atoms with Gasteiger partial charge in [-0.1, -0.05) is 26.0 Å². The van der Waals surface area contributed by atoms with Gasteiger partial charge in [-0.05, 0) is 43.5 Å². The average Bonchev–Trinajstić information content (AvgIpc) is 2.48. The minimum atomic E-state index is 0.389. The van der Waals surface area contributed by atoms with E-state index in [9.17, 15) is 0 Å². The zero-order chi connectivity index (χ0) is 15.3. The molecular weight excluding hydrogens is 258 g/mol. The fraction of sp³-hybridized carbons (Fsp3) is 0.667. The Kier molecular flexibility index (Phi) is 5.65. The predicted molar refractivity (Wildman–Crippen MR) is 92.2 cm³/mol. The summed E-state index contributed by atoms with van der Waals surface area (Å²) in [6.07, 6.45) is 1.23. The normalized spacial score (nSPS) is 19.5. The van der Waals surface area contributed by atoms with Gasteiger partial charge < -0.3 is 10.2 Å². The molecule has 2 rings (SSSR count). The van der Waals surface area contributed by atoms with Gasteiger partial charge in [0, 0.05) is 45.0 Å². The smallest absolute Gasteiger partial charge is 0.0369 e. The molecule has 0 amide bonds. The number of nitrogens with zero attached hydrogens (tertiary/aromatic N) is 2. The molecule has 0 spiro atoms. The van der Waals surface area contributed by atoms with Crippen molar-refractivity contribution in [3.63, 3.8) is 0 Å². The number of hydrogen-bond acceptors (Lipinski definition) is 3. The van der Waals surface area contributed by atoms with E-state index in [1.165, 1.54) is 37.3 Å². The van der Waals surface area contributed by atoms with Gasteiger partial charge >= 0.3 is 0 Å². The molecule has 3 heteroatoms. The molecular formula is C18H31N3. The summed E-state index contributed by atoms with van der Waals surface area (Å²) >= 11 is 0. The maximum atomic E-state index is 3.35. The SMILES string of the molecule is CCC(C)(CNC)CN1CCN(c2cccc(C)c2)CC1. The predicted octanol–water partition coefficient (Wildman–Crippen LogP) is 2.75. The molecule has 1 N–H and O–H groups in total. The Labute approximate surface area is 130 Å². The topological polar surface area (TPSA) is 18.5 Å². The molecule has 1 atom stereocenters. The first-order valence-electron chi connectivity index (χ1n) is 8.25. The molecule has 1 unspecified atom stereocenters. The van der Waals surface area contributed by atoms with E-state index in [2.05, 4.69) is 67.2 Å². The minimum Gasteiger partial charge on any atom is -0.369 e. The summed E-state index contributed by atoms with van der Waals surface area (Å²) in [6, 6.07) is 8.87. The summed E-state index contributed by atoms with van der Waals surface area (Å²) in [5.74, 6) is 0. The van der Waals surface area contributed by atoms with Gasteiger partial charge in [0.05, 0.1) is 0 Å². The van der Waals surface area contributed by atoms with E-state index in [-0.39, 0.29) is 0 Å². The largest absolute Gasteiger partial charge is 0.369 e. The van der Waals surface area contributed by atoms with Crippen molar-refractivity contribution in [1.82, 2.24) is 10.2 Å². The molecule has 21 heavy (non-hydrogen) atoms. The molecule has 1 aromatic rings. The number of rotatable bonds is 6. The molecule has 3 nitrogen and oxygen atoms in total. The molecule has 0 aliphatic carbocycles. The van der Waals surface area contributed by atoms with Crippen molar-refractivity contribution in [3.8, 4) is 0 Å². The Hall–Kier alpha value is -1.06. The zero-order valence-corrected chi connectivity index (χ0v) is 14.2. The van der Waals surface area contributed by atoms with Gasteiger partial charge in [0.25, 0.3) is 0 Å². The van der Waals surface area contributed by atoms with E-state index >= 15 is 0 Å². The average molecular weight is 289 g/mol. The van der Waals surface area contributed by atoms with Crippen molar-refractivity contribution in [1.29, 1.82) is 0 Å². The van der Waals surface area contributed by atoms with Crippen molar-refractivity contribution in [3.05, 3.63) is 29.8 Å². The zero-order valence-electron chi connectivity index (χ0n) is 14.2. The van der Waals surface area contributed by atoms with Crippen LogP contribution in [0.2, 0.25) is 0 Å². The van der Waals surface area contributed by atoms with Crippen LogP contribution in [0.25, 0.3) is 0 Å². The lowest BCUT2D eigenvalue weighted by molar-refractivity contribution is 0.150. The van der Waals surface area contributed by atoms with E-state index in [1.54, 1.807) is 0 Å². The Bertz CT molecular complexity index is 438. The van der Waals surface area contributed by atoms with Crippen molar-refractivity contribution >= 4 is 5.69 Å². The van der Waals surface area contributed by atoms with Gasteiger partial charge in [-0.2, -0.15) is 0 Å². The molecule has 1 aliphatic heterocycles. The summed E-state index contributed by atoms with van der Waals surface area (Å²) in [5, 5.41) is 3.35. The molecule has 0 saturated carbocycles. The fourth-order valence-electron chi connectivity index (χ4n) is 3.25. The Morgan fingerprint density at radius 3 is 2.48 bits per heavy atom. The lowest BCUT2D eigenvalue weighted by Gasteiger charge is -2.41. The highest BCUT2D eigenvalue weighted by Gasteiger charge is 2.26. The molecule has 1 aliphatic rings. The summed E-state index contributed by atoms with van der Waals surface area (Å²) in [4.78, 5) is 5.15. The highest BCUT2D eigenvalue weighted by atomic mass is 15.3. The third-order valence-electron chi connectivity index (χ3n) is 4.80.